The lowest BCUT2D eigenvalue weighted by molar-refractivity contribution is -0.138. The first kappa shape index (κ1) is 60.2. The number of carbonyl (C=O) groups excluding carboxylic acids is 7. The lowest BCUT2D eigenvalue weighted by Crippen LogP contribution is -2.44. The van der Waals surface area contributed by atoms with Crippen LogP contribution in [0.25, 0.3) is 22.3 Å². The number of Topliss-reactive ketones (excluding diaryl/α,β-unsaturated/α-hetero) is 2. The van der Waals surface area contributed by atoms with Crippen LogP contribution >= 0.6 is 0 Å². The van der Waals surface area contributed by atoms with Gasteiger partial charge in [-0.05, 0) is 105 Å². The van der Waals surface area contributed by atoms with Crippen molar-refractivity contribution in [2.75, 3.05) is 38.4 Å². The van der Waals surface area contributed by atoms with Crippen LogP contribution in [0.2, 0.25) is 0 Å². The number of halogens is 1. The number of ether oxygens (including phenoxy) is 3. The number of nitrogens with zero attached hydrogens (tertiary/aromatic N) is 4. The number of nitrogens with one attached hydrogen (secondary N) is 2. The number of benzene rings is 2. The molecule has 0 bridgehead atoms. The van der Waals surface area contributed by atoms with Gasteiger partial charge in [0, 0.05) is 78.8 Å². The van der Waals surface area contributed by atoms with Crippen LogP contribution in [0.1, 0.15) is 123 Å². The number of ketones is 2. The van der Waals surface area contributed by atoms with E-state index in [1.165, 1.54) is 23.1 Å². The largest absolute Gasteiger partial charge is 0.490 e. The maximum atomic E-state index is 15.5. The summed E-state index contributed by atoms with van der Waals surface area (Å²) in [5, 5.41) is 18.2. The van der Waals surface area contributed by atoms with Crippen LogP contribution in [0.15, 0.2) is 65.7 Å². The summed E-state index contributed by atoms with van der Waals surface area (Å²) in [7, 11) is -3.56. The smallest absolute Gasteiger partial charge is 0.411 e. The number of pyridine rings is 2. The lowest BCUT2D eigenvalue weighted by Gasteiger charge is -2.35. The van der Waals surface area contributed by atoms with Gasteiger partial charge in [0.25, 0.3) is 17.4 Å². The number of carbonyl (C=O) groups is 7. The molecule has 0 unspecified atom stereocenters. The number of aromatic nitrogens is 2. The Morgan fingerprint density at radius 2 is 1.66 bits per heavy atom. The highest BCUT2D eigenvalue weighted by atomic mass is 32.2. The van der Waals surface area contributed by atoms with Crippen molar-refractivity contribution in [2.45, 2.75) is 130 Å². The first-order valence-electron chi connectivity index (χ1n) is 28.3. The van der Waals surface area contributed by atoms with Crippen molar-refractivity contribution in [1.29, 1.82) is 0 Å². The summed E-state index contributed by atoms with van der Waals surface area (Å²) in [5.74, 6) is -3.58. The Balaban J connectivity index is 0.778. The van der Waals surface area contributed by atoms with Crippen LogP contribution in [0.5, 0.6) is 0 Å². The number of hydrogen-bond acceptors (Lipinski definition) is 15. The highest BCUT2D eigenvalue weighted by Crippen LogP contribution is 2.47. The fourth-order valence-electron chi connectivity index (χ4n) is 12.1. The summed E-state index contributed by atoms with van der Waals surface area (Å²) in [5.41, 5.74) is 3.52. The molecule has 5 aliphatic rings. The second-order valence-corrected chi connectivity index (χ2v) is 25.3. The molecule has 4 atom stereocenters. The topological polar surface area (TPSA) is 267 Å². The molecule has 2 aliphatic carbocycles. The van der Waals surface area contributed by atoms with Gasteiger partial charge in [-0.3, -0.25) is 43.4 Å². The van der Waals surface area contributed by atoms with Gasteiger partial charge in [0.1, 0.15) is 59.3 Å². The SMILES string of the molecule is C=C1OCc2c(cc3n(c2=O)Cc2c-3nc3cc(F)c(C)c4c3c2[C@@H](NC(=O)COCN(CCS(C)(=O)=O)C(=O)OCc2ccc(CC(=O)[C@H](C)NC(=O)[C@@H](CC(=O)C3CCC(CN5C(=O)C=CC5=O)CC3)C(C)C)cc2)CC4)[C@@]1(O)CC. The van der Waals surface area contributed by atoms with Gasteiger partial charge in [-0.25, -0.2) is 22.6 Å². The van der Waals surface area contributed by atoms with Crippen LogP contribution in [-0.4, -0.2) is 119 Å². The third-order valence-electron chi connectivity index (χ3n) is 17.2. The average Bonchev–Trinajstić information content (AvgIpc) is 1.92. The number of imide groups is 1. The minimum Gasteiger partial charge on any atom is -0.490 e. The van der Waals surface area contributed by atoms with Gasteiger partial charge in [0.15, 0.2) is 5.78 Å². The van der Waals surface area contributed by atoms with Gasteiger partial charge in [-0.2, -0.15) is 0 Å². The number of sulfone groups is 1. The Hall–Kier alpha value is -7.43. The average molecular weight is 1160 g/mol. The van der Waals surface area contributed by atoms with E-state index in [9.17, 15) is 51.9 Å². The monoisotopic (exact) mass is 1160 g/mol. The molecule has 3 N–H and O–H groups in total. The van der Waals surface area contributed by atoms with Crippen LogP contribution in [0.3, 0.4) is 0 Å². The Labute approximate surface area is 480 Å². The third-order valence-corrected chi connectivity index (χ3v) is 18.1. The first-order valence-corrected chi connectivity index (χ1v) is 30.3. The van der Waals surface area contributed by atoms with E-state index in [1.807, 2.05) is 13.8 Å². The van der Waals surface area contributed by atoms with Crippen molar-refractivity contribution in [3.8, 4) is 11.4 Å². The molecule has 0 saturated heterocycles. The standard InChI is InChI=1S/C61H71FN6O14S/c1-8-61(77)36(6)81-30-44-45(61)25-49-57-43(28-67(49)59(44)75)56-47(18-17-41-34(4)46(62)26-48(65-57)55(41)56)64-52(71)31-80-32-66(21-22-83(7,78)79)60(76)82-29-39-11-9-37(10-12-39)23-50(69)35(5)63-58(74)42(33(2)3)24-51(70)40-15-13-38(14-16-40)27-68-53(72)19-20-54(68)73/h9-12,19-20,25-26,33,35,38,40,42,47,77H,6,8,13-18,21-24,27-32H2,1-5,7H3,(H,63,74)(H,64,71)/t35-,38?,40?,42-,47-,61+/m0/s1. The number of aryl methyl sites for hydroxylation is 1. The molecule has 2 aromatic carbocycles. The van der Waals surface area contributed by atoms with Crippen molar-refractivity contribution >= 4 is 62.0 Å². The van der Waals surface area contributed by atoms with E-state index in [-0.39, 0.29) is 109 Å². The van der Waals surface area contributed by atoms with Gasteiger partial charge < -0.3 is 34.5 Å². The number of hydrogen-bond donors (Lipinski definition) is 3. The molecule has 83 heavy (non-hydrogen) atoms. The molecule has 0 spiro atoms. The Morgan fingerprint density at radius 3 is 2.33 bits per heavy atom. The quantitative estimate of drug-likeness (QED) is 0.0542. The lowest BCUT2D eigenvalue weighted by atomic mass is 9.77. The predicted molar refractivity (Wildman–Crippen MR) is 302 cm³/mol. The van der Waals surface area contributed by atoms with Gasteiger partial charge in [-0.15, -0.1) is 0 Å². The Morgan fingerprint density at radius 1 is 0.976 bits per heavy atom. The van der Waals surface area contributed by atoms with E-state index in [0.29, 0.717) is 101 Å². The zero-order chi connectivity index (χ0) is 59.8. The van der Waals surface area contributed by atoms with E-state index in [1.54, 1.807) is 55.7 Å². The van der Waals surface area contributed by atoms with Crippen LogP contribution in [0.4, 0.5) is 9.18 Å². The van der Waals surface area contributed by atoms with Crippen molar-refractivity contribution < 1.29 is 65.7 Å². The minimum absolute atomic E-state index is 0.0168. The molecule has 2 aromatic heterocycles. The number of fused-ring (bicyclic) bond motifs is 5. The van der Waals surface area contributed by atoms with E-state index < -0.39 is 70.3 Å². The molecule has 5 heterocycles. The highest BCUT2D eigenvalue weighted by molar-refractivity contribution is 7.90. The maximum Gasteiger partial charge on any atom is 0.411 e. The second-order valence-electron chi connectivity index (χ2n) is 23.1. The Bertz CT molecular complexity index is 3520. The molecule has 5 amide bonds. The summed E-state index contributed by atoms with van der Waals surface area (Å²) in [4.78, 5) is 113. The summed E-state index contributed by atoms with van der Waals surface area (Å²) in [6.07, 6.45) is 6.19. The predicted octanol–water partition coefficient (Wildman–Crippen LogP) is 5.85. The first-order chi connectivity index (χ1) is 39.3. The van der Waals surface area contributed by atoms with Crippen molar-refractivity contribution in [3.63, 3.8) is 0 Å². The highest BCUT2D eigenvalue weighted by Gasteiger charge is 2.43. The fourth-order valence-corrected chi connectivity index (χ4v) is 12.6. The third kappa shape index (κ3) is 12.7. The molecule has 1 fully saturated rings. The molecule has 9 rings (SSSR count). The molecule has 1 saturated carbocycles. The van der Waals surface area contributed by atoms with Gasteiger partial charge in [0.2, 0.25) is 11.8 Å². The Kier molecular flexibility index (Phi) is 17.7. The molecule has 3 aliphatic heterocycles. The van der Waals surface area contributed by atoms with Crippen LogP contribution in [0, 0.1) is 36.4 Å². The van der Waals surface area contributed by atoms with Gasteiger partial charge >= 0.3 is 6.09 Å². The number of amides is 5. The van der Waals surface area contributed by atoms with Crippen molar-refractivity contribution in [1.82, 2.24) is 30.0 Å². The van der Waals surface area contributed by atoms with Crippen LogP contribution in [-0.2, 0) is 91.0 Å². The van der Waals surface area contributed by atoms with Gasteiger partial charge in [-0.1, -0.05) is 51.6 Å². The van der Waals surface area contributed by atoms with Crippen LogP contribution < -0.4 is 16.2 Å². The van der Waals surface area contributed by atoms with E-state index in [4.69, 9.17) is 19.2 Å². The summed E-state index contributed by atoms with van der Waals surface area (Å²) in [6.45, 7) is 11.4. The molecular formula is C61H71FN6O14S. The molecular weight excluding hydrogens is 1090 g/mol. The number of rotatable bonds is 22. The van der Waals surface area contributed by atoms with Crippen molar-refractivity contribution in [3.05, 3.63) is 122 Å². The van der Waals surface area contributed by atoms with E-state index in [0.717, 1.165) is 16.7 Å². The summed E-state index contributed by atoms with van der Waals surface area (Å²) < 4.78 is 58.5. The minimum atomic E-state index is -3.56. The normalized spacial score (nSPS) is 20.6. The zero-order valence-electron chi connectivity index (χ0n) is 47.6. The summed E-state index contributed by atoms with van der Waals surface area (Å²) >= 11 is 0. The molecule has 4 aromatic rings. The van der Waals surface area contributed by atoms with Gasteiger partial charge in [0.05, 0.1) is 46.8 Å². The molecule has 20 nitrogen and oxygen atoms in total. The van der Waals surface area contributed by atoms with E-state index in [2.05, 4.69) is 17.2 Å². The molecule has 22 heteroatoms. The number of aliphatic hydroxyl groups is 1. The fraction of sp³-hybridized carbons (Fsp3) is 0.492. The van der Waals surface area contributed by atoms with Crippen molar-refractivity contribution in [2.24, 2.45) is 23.7 Å². The maximum absolute atomic E-state index is 15.5. The summed E-state index contributed by atoms with van der Waals surface area (Å²) in [6, 6.07) is 8.25. The molecule has 0 radical (unpaired) electrons. The zero-order valence-corrected chi connectivity index (χ0v) is 48.5. The van der Waals surface area contributed by atoms with E-state index >= 15 is 4.39 Å². The molecule has 442 valence electrons. The second kappa shape index (κ2) is 24.4.